The molecule has 1 aliphatic rings. The van der Waals surface area contributed by atoms with Gasteiger partial charge in [-0.1, -0.05) is 197 Å². The number of aliphatic carboxylic acids is 1. The third-order valence-corrected chi connectivity index (χ3v) is 12.6. The zero-order chi connectivity index (χ0) is 51.8. The second kappa shape index (κ2) is 47.4. The smallest absolute Gasteiger partial charge is 0.335 e. The summed E-state index contributed by atoms with van der Waals surface area (Å²) in [6.45, 7) is 5.81. The number of carbonyl (C=O) groups excluding carboxylic acids is 3. The Morgan fingerprint density at radius 2 is 0.887 bits per heavy atom. The first kappa shape index (κ1) is 65.4. The highest BCUT2D eigenvalue weighted by atomic mass is 16.7. The van der Waals surface area contributed by atoms with E-state index >= 15 is 0 Å². The molecule has 3 N–H and O–H groups in total. The molecule has 0 bridgehead atoms. The molecule has 1 fully saturated rings. The molecule has 408 valence electrons. The van der Waals surface area contributed by atoms with Crippen LogP contribution in [0.3, 0.4) is 0 Å². The molecule has 1 rings (SSSR count). The van der Waals surface area contributed by atoms with Gasteiger partial charge in [-0.15, -0.1) is 0 Å². The Balaban J connectivity index is 2.74. The number of carboxylic acid groups (broad SMARTS) is 1. The first-order valence-corrected chi connectivity index (χ1v) is 28.3. The maximum absolute atomic E-state index is 13.1. The molecular weight excluding hydrogens is 901 g/mol. The second-order valence-electron chi connectivity index (χ2n) is 19.2. The number of carbonyl (C=O) groups is 4. The zero-order valence-corrected chi connectivity index (χ0v) is 44.7. The van der Waals surface area contributed by atoms with Crippen LogP contribution >= 0.6 is 0 Å². The van der Waals surface area contributed by atoms with Crippen LogP contribution in [0.15, 0.2) is 60.8 Å². The molecule has 0 amide bonds. The highest BCUT2D eigenvalue weighted by Gasteiger charge is 2.50. The molecule has 12 nitrogen and oxygen atoms in total. The van der Waals surface area contributed by atoms with Crippen LogP contribution in [0.2, 0.25) is 0 Å². The summed E-state index contributed by atoms with van der Waals surface area (Å²) < 4.78 is 28.3. The van der Waals surface area contributed by atoms with Crippen molar-refractivity contribution in [1.29, 1.82) is 0 Å². The topological polar surface area (TPSA) is 175 Å². The Hall–Kier alpha value is -3.58. The number of allylic oxidation sites excluding steroid dienone is 10. The number of rotatable bonds is 47. The minimum Gasteiger partial charge on any atom is -0.479 e. The molecule has 0 spiro atoms. The van der Waals surface area contributed by atoms with E-state index in [0.29, 0.717) is 19.3 Å². The van der Waals surface area contributed by atoms with Gasteiger partial charge in [-0.3, -0.25) is 14.4 Å². The largest absolute Gasteiger partial charge is 0.479 e. The van der Waals surface area contributed by atoms with Gasteiger partial charge >= 0.3 is 23.9 Å². The fraction of sp³-hybridized carbons (Fsp3) is 0.763. The normalized spacial score (nSPS) is 18.9. The van der Waals surface area contributed by atoms with Crippen LogP contribution in [0.5, 0.6) is 0 Å². The van der Waals surface area contributed by atoms with Crippen molar-refractivity contribution in [3.05, 3.63) is 60.8 Å². The molecule has 12 heteroatoms. The third-order valence-electron chi connectivity index (χ3n) is 12.6. The van der Waals surface area contributed by atoms with Crippen molar-refractivity contribution in [3.63, 3.8) is 0 Å². The number of carboxylic acids is 1. The minimum absolute atomic E-state index is 0.0569. The van der Waals surface area contributed by atoms with E-state index in [4.69, 9.17) is 23.7 Å². The monoisotopic (exact) mass is 1000 g/mol. The molecule has 0 aromatic carbocycles. The van der Waals surface area contributed by atoms with Gasteiger partial charge in [0.15, 0.2) is 24.6 Å². The van der Waals surface area contributed by atoms with Crippen LogP contribution in [0.1, 0.15) is 239 Å². The maximum Gasteiger partial charge on any atom is 0.335 e. The summed E-state index contributed by atoms with van der Waals surface area (Å²) in [5.41, 5.74) is 0. The Morgan fingerprint density at radius 3 is 1.39 bits per heavy atom. The van der Waals surface area contributed by atoms with Crippen molar-refractivity contribution in [2.45, 2.75) is 276 Å². The number of unbranched alkanes of at least 4 members (excludes halogenated alkanes) is 23. The lowest BCUT2D eigenvalue weighted by molar-refractivity contribution is -0.301. The van der Waals surface area contributed by atoms with Crippen LogP contribution in [-0.4, -0.2) is 89.2 Å². The van der Waals surface area contributed by atoms with Crippen LogP contribution in [0, 0.1) is 0 Å². The molecule has 1 aliphatic heterocycles. The summed E-state index contributed by atoms with van der Waals surface area (Å²) in [6.07, 6.45) is 44.9. The van der Waals surface area contributed by atoms with Crippen LogP contribution in [0.4, 0.5) is 0 Å². The van der Waals surface area contributed by atoms with E-state index < -0.39 is 67.3 Å². The van der Waals surface area contributed by atoms with Gasteiger partial charge in [0.05, 0.1) is 6.61 Å². The van der Waals surface area contributed by atoms with Gasteiger partial charge in [0.1, 0.15) is 18.8 Å². The van der Waals surface area contributed by atoms with E-state index in [1.165, 1.54) is 77.0 Å². The molecule has 0 aromatic heterocycles. The summed E-state index contributed by atoms with van der Waals surface area (Å²) in [6, 6.07) is 0. The fourth-order valence-electron chi connectivity index (χ4n) is 8.24. The molecule has 1 saturated heterocycles. The molecule has 71 heavy (non-hydrogen) atoms. The lowest BCUT2D eigenvalue weighted by Crippen LogP contribution is -2.61. The molecule has 1 heterocycles. The van der Waals surface area contributed by atoms with Crippen LogP contribution in [-0.2, 0) is 42.9 Å². The van der Waals surface area contributed by atoms with Crippen LogP contribution < -0.4 is 0 Å². The fourth-order valence-corrected chi connectivity index (χ4v) is 8.24. The molecule has 0 radical (unpaired) electrons. The average molecular weight is 1000 g/mol. The first-order chi connectivity index (χ1) is 34.6. The van der Waals surface area contributed by atoms with E-state index in [0.717, 1.165) is 103 Å². The standard InChI is InChI=1S/C59H100O12/c1-4-7-10-13-16-19-22-24-26-28-31-33-36-39-42-45-51(60)67-48-50(69-52(61)46-43-40-37-35-32-29-27-25-23-20-17-14-11-8-5-2)49-68-59-57(55(64)54(63)56(71-59)58(65)66)70-53(62)47-44-41-38-34-30-21-18-15-12-9-6-3/h7,10,16,19,24-27,31,33,50,54-57,59,63-64H,4-6,8-9,11-15,17-18,20-23,28-30,32,34-49H2,1-3H3,(H,65,66)/b10-7-,19-16-,26-24-,27-25-,33-31-. The molecule has 0 aromatic rings. The summed E-state index contributed by atoms with van der Waals surface area (Å²) in [4.78, 5) is 50.9. The molecule has 6 atom stereocenters. The number of aliphatic hydroxyl groups excluding tert-OH is 2. The van der Waals surface area contributed by atoms with Gasteiger partial charge in [-0.25, -0.2) is 4.79 Å². The Labute approximate surface area is 430 Å². The van der Waals surface area contributed by atoms with E-state index in [-0.39, 0.29) is 25.9 Å². The van der Waals surface area contributed by atoms with Crippen molar-refractivity contribution >= 4 is 23.9 Å². The van der Waals surface area contributed by atoms with E-state index in [1.807, 2.05) is 0 Å². The van der Waals surface area contributed by atoms with E-state index in [2.05, 4.69) is 81.5 Å². The molecular formula is C59H100O12. The van der Waals surface area contributed by atoms with Crippen molar-refractivity contribution in [3.8, 4) is 0 Å². The highest BCUT2D eigenvalue weighted by molar-refractivity contribution is 5.74. The van der Waals surface area contributed by atoms with E-state index in [1.54, 1.807) is 0 Å². The third kappa shape index (κ3) is 37.8. The Kier molecular flexibility index (Phi) is 43.7. The number of ether oxygens (including phenoxy) is 5. The van der Waals surface area contributed by atoms with Crippen molar-refractivity contribution in [2.24, 2.45) is 0 Å². The van der Waals surface area contributed by atoms with Gasteiger partial charge < -0.3 is 39.0 Å². The first-order valence-electron chi connectivity index (χ1n) is 28.3. The zero-order valence-electron chi connectivity index (χ0n) is 44.7. The van der Waals surface area contributed by atoms with Gasteiger partial charge in [0, 0.05) is 19.3 Å². The number of esters is 3. The van der Waals surface area contributed by atoms with Gasteiger partial charge in [0.2, 0.25) is 0 Å². The predicted octanol–water partition coefficient (Wildman–Crippen LogP) is 14.0. The second-order valence-corrected chi connectivity index (χ2v) is 19.2. The summed E-state index contributed by atoms with van der Waals surface area (Å²) >= 11 is 0. The Bertz CT molecular complexity index is 1470. The SMILES string of the molecule is CC/C=C\C/C=C\C/C=C\C/C=C\CCCCC(=O)OCC(COC1OC(C(=O)O)C(O)C(O)C1OC(=O)CCCCCCCCCCCCC)OC(=O)CCCCCCC/C=C\CCCCCCCC. The number of hydrogen-bond donors (Lipinski definition) is 3. The lowest BCUT2D eigenvalue weighted by Gasteiger charge is -2.40. The van der Waals surface area contributed by atoms with Gasteiger partial charge in [-0.2, -0.15) is 0 Å². The van der Waals surface area contributed by atoms with Crippen LogP contribution in [0.25, 0.3) is 0 Å². The predicted molar refractivity (Wildman–Crippen MR) is 285 cm³/mol. The number of aliphatic hydroxyl groups is 2. The number of hydrogen-bond acceptors (Lipinski definition) is 11. The van der Waals surface area contributed by atoms with Crippen molar-refractivity contribution in [2.75, 3.05) is 13.2 Å². The lowest BCUT2D eigenvalue weighted by atomic mass is 9.98. The molecule has 0 saturated carbocycles. The maximum atomic E-state index is 13.1. The summed E-state index contributed by atoms with van der Waals surface area (Å²) in [5.74, 6) is -3.18. The Morgan fingerprint density at radius 1 is 0.479 bits per heavy atom. The molecule has 0 aliphatic carbocycles. The van der Waals surface area contributed by atoms with Crippen molar-refractivity contribution in [1.82, 2.24) is 0 Å². The molecule has 6 unspecified atom stereocenters. The van der Waals surface area contributed by atoms with Gasteiger partial charge in [-0.05, 0) is 83.5 Å². The summed E-state index contributed by atoms with van der Waals surface area (Å²) in [5, 5.41) is 31.4. The average Bonchev–Trinajstić information content (AvgIpc) is 3.35. The minimum atomic E-state index is -1.91. The van der Waals surface area contributed by atoms with Gasteiger partial charge in [0.25, 0.3) is 0 Å². The van der Waals surface area contributed by atoms with Crippen molar-refractivity contribution < 1.29 is 58.2 Å². The highest BCUT2D eigenvalue weighted by Crippen LogP contribution is 2.26. The quantitative estimate of drug-likeness (QED) is 0.0228. The van der Waals surface area contributed by atoms with E-state index in [9.17, 15) is 34.5 Å². The summed E-state index contributed by atoms with van der Waals surface area (Å²) in [7, 11) is 0.